The van der Waals surface area contributed by atoms with Crippen LogP contribution < -0.4 is 0 Å². The molecule has 8 nitrogen and oxygen atoms in total. The molecule has 0 saturated heterocycles. The Hall–Kier alpha value is -6.02. The van der Waals surface area contributed by atoms with Crippen molar-refractivity contribution >= 4 is 44.5 Å². The number of fused-ring (bicyclic) bond motifs is 4. The number of benzene rings is 6. The Morgan fingerprint density at radius 3 is 1.74 bits per heavy atom. The minimum Gasteiger partial charge on any atom is -0.289 e. The van der Waals surface area contributed by atoms with Crippen LogP contribution in [0.5, 0.6) is 0 Å². The first kappa shape index (κ1) is 23.8. The lowest BCUT2D eigenvalue weighted by Gasteiger charge is -2.23. The van der Waals surface area contributed by atoms with Crippen LogP contribution in [0.3, 0.4) is 0 Å². The van der Waals surface area contributed by atoms with E-state index in [9.17, 15) is 29.8 Å². The summed E-state index contributed by atoms with van der Waals surface area (Å²) in [6.07, 6.45) is 0. The third kappa shape index (κ3) is 3.17. The number of non-ortho nitro benzene ring substituents is 2. The second kappa shape index (κ2) is 8.25. The lowest BCUT2D eigenvalue weighted by Crippen LogP contribution is -2.11. The third-order valence-electron chi connectivity index (χ3n) is 8.25. The molecule has 0 N–H and O–H groups in total. The summed E-state index contributed by atoms with van der Waals surface area (Å²) >= 11 is 0. The van der Waals surface area contributed by atoms with Gasteiger partial charge in [0.15, 0.2) is 11.6 Å². The monoisotopic (exact) mass is 548 g/mol. The van der Waals surface area contributed by atoms with E-state index in [1.54, 1.807) is 24.3 Å². The fourth-order valence-electron chi connectivity index (χ4n) is 6.43. The topological polar surface area (TPSA) is 120 Å². The van der Waals surface area contributed by atoms with Gasteiger partial charge in [0.25, 0.3) is 11.4 Å². The molecule has 0 fully saturated rings. The van der Waals surface area contributed by atoms with Crippen LogP contribution in [-0.4, -0.2) is 21.4 Å². The molecule has 0 unspecified atom stereocenters. The number of nitrogens with zero attached hydrogens (tertiary/aromatic N) is 2. The van der Waals surface area contributed by atoms with E-state index in [0.717, 1.165) is 33.0 Å². The first-order valence-corrected chi connectivity index (χ1v) is 13.1. The van der Waals surface area contributed by atoms with Gasteiger partial charge in [-0.2, -0.15) is 0 Å². The molecule has 0 amide bonds. The number of ketones is 2. The molecule has 2 aliphatic rings. The predicted octanol–water partition coefficient (Wildman–Crippen LogP) is 7.90. The maximum Gasteiger partial charge on any atom is 0.270 e. The van der Waals surface area contributed by atoms with Gasteiger partial charge in [-0.3, -0.25) is 29.8 Å². The maximum atomic E-state index is 13.4. The zero-order valence-electron chi connectivity index (χ0n) is 21.6. The van der Waals surface area contributed by atoms with E-state index in [2.05, 4.69) is 0 Å². The molecule has 2 aliphatic carbocycles. The van der Waals surface area contributed by atoms with E-state index in [-0.39, 0.29) is 28.5 Å². The minimum absolute atomic E-state index is 0.115. The molecule has 0 heterocycles. The van der Waals surface area contributed by atoms with Crippen LogP contribution in [0.1, 0.15) is 31.8 Å². The average Bonchev–Trinajstić information content (AvgIpc) is 3.01. The van der Waals surface area contributed by atoms with E-state index < -0.39 is 9.85 Å². The molecule has 0 aliphatic heterocycles. The summed E-state index contributed by atoms with van der Waals surface area (Å²) < 4.78 is 0. The smallest absolute Gasteiger partial charge is 0.270 e. The Labute approximate surface area is 236 Å². The van der Waals surface area contributed by atoms with Gasteiger partial charge >= 0.3 is 0 Å². The summed E-state index contributed by atoms with van der Waals surface area (Å²) in [6, 6.07) is 27.4. The van der Waals surface area contributed by atoms with Crippen molar-refractivity contribution in [3.63, 3.8) is 0 Å². The molecule has 0 saturated carbocycles. The summed E-state index contributed by atoms with van der Waals surface area (Å²) in [5, 5.41) is 26.2. The van der Waals surface area contributed by atoms with Crippen LogP contribution in [0.4, 0.5) is 11.4 Å². The van der Waals surface area contributed by atoms with Crippen molar-refractivity contribution in [2.75, 3.05) is 0 Å². The Kier molecular flexibility index (Phi) is 4.68. The maximum absolute atomic E-state index is 13.4. The molecule has 6 aromatic carbocycles. The SMILES string of the molecule is O=C1c2ccc([N+](=O)[O-])cc2-c2cc(-c3cc4c5c(cc([N+](=O)[O-])cc5c3)C(=O)c3ccccc3-4)cc3cccc1c23. The average molecular weight is 549 g/mol. The van der Waals surface area contributed by atoms with Gasteiger partial charge < -0.3 is 0 Å². The number of carbonyl (C=O) groups excluding carboxylic acids is 2. The summed E-state index contributed by atoms with van der Waals surface area (Å²) in [7, 11) is 0. The number of rotatable bonds is 3. The molecule has 0 radical (unpaired) electrons. The van der Waals surface area contributed by atoms with Crippen molar-refractivity contribution in [2.24, 2.45) is 0 Å². The Morgan fingerprint density at radius 2 is 1.00 bits per heavy atom. The predicted molar refractivity (Wildman–Crippen MR) is 158 cm³/mol. The van der Waals surface area contributed by atoms with Crippen LogP contribution in [0.15, 0.2) is 97.1 Å². The van der Waals surface area contributed by atoms with Crippen molar-refractivity contribution in [3.05, 3.63) is 140 Å². The van der Waals surface area contributed by atoms with Crippen LogP contribution in [0.25, 0.3) is 54.9 Å². The second-order valence-corrected chi connectivity index (χ2v) is 10.5. The molecule has 0 bridgehead atoms. The normalized spacial score (nSPS) is 12.8. The van der Waals surface area contributed by atoms with Crippen molar-refractivity contribution < 1.29 is 19.4 Å². The largest absolute Gasteiger partial charge is 0.289 e. The van der Waals surface area contributed by atoms with Crippen molar-refractivity contribution in [1.82, 2.24) is 0 Å². The van der Waals surface area contributed by atoms with Gasteiger partial charge in [-0.1, -0.05) is 42.5 Å². The third-order valence-corrected chi connectivity index (χ3v) is 8.25. The molecule has 0 spiro atoms. The van der Waals surface area contributed by atoms with Crippen molar-refractivity contribution in [3.8, 4) is 33.4 Å². The van der Waals surface area contributed by atoms with E-state index in [4.69, 9.17) is 0 Å². The van der Waals surface area contributed by atoms with E-state index in [0.29, 0.717) is 38.6 Å². The molecule has 8 rings (SSSR count). The fraction of sp³-hybridized carbons (Fsp3) is 0. The van der Waals surface area contributed by atoms with E-state index in [1.807, 2.05) is 42.5 Å². The van der Waals surface area contributed by atoms with Gasteiger partial charge in [-0.25, -0.2) is 0 Å². The van der Waals surface area contributed by atoms with Gasteiger partial charge in [0.05, 0.1) is 9.85 Å². The molecule has 42 heavy (non-hydrogen) atoms. The molecule has 0 aromatic heterocycles. The van der Waals surface area contributed by atoms with Crippen molar-refractivity contribution in [2.45, 2.75) is 0 Å². The number of carbonyl (C=O) groups is 2. The lowest BCUT2D eigenvalue weighted by molar-refractivity contribution is -0.384. The lowest BCUT2D eigenvalue weighted by atomic mass is 9.79. The molecule has 198 valence electrons. The summed E-state index contributed by atoms with van der Waals surface area (Å²) in [6.45, 7) is 0. The second-order valence-electron chi connectivity index (χ2n) is 10.5. The van der Waals surface area contributed by atoms with Gasteiger partial charge in [-0.05, 0) is 68.9 Å². The molecule has 6 aromatic rings. The molecular weight excluding hydrogens is 532 g/mol. The van der Waals surface area contributed by atoms with Crippen molar-refractivity contribution in [1.29, 1.82) is 0 Å². The number of hydrogen-bond donors (Lipinski definition) is 0. The van der Waals surface area contributed by atoms with E-state index in [1.165, 1.54) is 30.3 Å². The Balaban J connectivity index is 1.46. The van der Waals surface area contributed by atoms with Gasteiger partial charge in [0.1, 0.15) is 0 Å². The highest BCUT2D eigenvalue weighted by Gasteiger charge is 2.30. The Bertz CT molecular complexity index is 2300. The zero-order chi connectivity index (χ0) is 28.9. The Morgan fingerprint density at radius 1 is 0.429 bits per heavy atom. The van der Waals surface area contributed by atoms with Gasteiger partial charge in [0.2, 0.25) is 0 Å². The minimum atomic E-state index is -0.501. The first-order chi connectivity index (χ1) is 20.3. The van der Waals surface area contributed by atoms with Crippen LogP contribution in [0.2, 0.25) is 0 Å². The highest BCUT2D eigenvalue weighted by atomic mass is 16.6. The van der Waals surface area contributed by atoms with E-state index >= 15 is 0 Å². The quantitative estimate of drug-likeness (QED) is 0.163. The fourth-order valence-corrected chi connectivity index (χ4v) is 6.43. The van der Waals surface area contributed by atoms with Crippen LogP contribution in [-0.2, 0) is 0 Å². The highest BCUT2D eigenvalue weighted by Crippen LogP contribution is 2.46. The van der Waals surface area contributed by atoms with Gasteiger partial charge in [-0.15, -0.1) is 0 Å². The van der Waals surface area contributed by atoms with Crippen LogP contribution in [0, 0.1) is 20.2 Å². The molecule has 8 heteroatoms. The molecular formula is C34H16N2O6. The number of nitro benzene ring substituents is 2. The van der Waals surface area contributed by atoms with Gasteiger partial charge in [0, 0.05) is 62.9 Å². The molecule has 0 atom stereocenters. The number of hydrogen-bond acceptors (Lipinski definition) is 6. The summed E-state index contributed by atoms with van der Waals surface area (Å²) in [4.78, 5) is 49.3. The first-order valence-electron chi connectivity index (χ1n) is 13.1. The van der Waals surface area contributed by atoms with Crippen LogP contribution >= 0.6 is 0 Å². The highest BCUT2D eigenvalue weighted by molar-refractivity contribution is 6.28. The number of nitro groups is 2. The summed E-state index contributed by atoms with van der Waals surface area (Å²) in [5.74, 6) is -0.452. The summed E-state index contributed by atoms with van der Waals surface area (Å²) in [5.41, 5.74) is 5.61. The standard InChI is InChI=1S/C34H16N2O6/c37-33-25-9-8-21(35(39)40)15-27(25)29-14-18(10-17-4-3-7-26(33)31(17)29)19-11-20-12-22(36(41)42)16-30-32(20)28(13-19)23-5-1-2-6-24(23)34(30)38/h1-16H. The zero-order valence-corrected chi connectivity index (χ0v) is 21.6.